The zero-order chi connectivity index (χ0) is 13.1. The van der Waals surface area contributed by atoms with E-state index in [4.69, 9.17) is 5.73 Å². The standard InChI is InChI=1S/C11H19N3O2S/c1-4-14(8-9(2)3)17(15,16)10-5-6-13-11(12)7-10/h5-7,9H,4,8H2,1-3H3,(H2,12,13). The highest BCUT2D eigenvalue weighted by atomic mass is 32.2. The fraction of sp³-hybridized carbons (Fsp3) is 0.545. The summed E-state index contributed by atoms with van der Waals surface area (Å²) in [7, 11) is -3.46. The van der Waals surface area contributed by atoms with Crippen LogP contribution in [0.1, 0.15) is 20.8 Å². The van der Waals surface area contributed by atoms with Crippen molar-refractivity contribution in [3.63, 3.8) is 0 Å². The Balaban J connectivity index is 3.08. The Kier molecular flexibility index (Phi) is 4.47. The third kappa shape index (κ3) is 3.41. The SMILES string of the molecule is CCN(CC(C)C)S(=O)(=O)c1ccnc(N)c1. The summed E-state index contributed by atoms with van der Waals surface area (Å²) >= 11 is 0. The maximum absolute atomic E-state index is 12.3. The van der Waals surface area contributed by atoms with Gasteiger partial charge in [-0.3, -0.25) is 0 Å². The molecular weight excluding hydrogens is 238 g/mol. The molecule has 1 aromatic heterocycles. The molecule has 0 aliphatic rings. The molecule has 0 saturated heterocycles. The lowest BCUT2D eigenvalue weighted by molar-refractivity contribution is 0.381. The Morgan fingerprint density at radius 3 is 2.59 bits per heavy atom. The van der Waals surface area contributed by atoms with Crippen molar-refractivity contribution in [1.82, 2.24) is 9.29 Å². The Morgan fingerprint density at radius 1 is 1.47 bits per heavy atom. The van der Waals surface area contributed by atoms with Crippen LogP contribution >= 0.6 is 0 Å². The summed E-state index contributed by atoms with van der Waals surface area (Å²) in [6.07, 6.45) is 1.41. The first-order chi connectivity index (χ1) is 7.87. The number of hydrogen-bond acceptors (Lipinski definition) is 4. The maximum atomic E-state index is 12.3. The van der Waals surface area contributed by atoms with E-state index in [9.17, 15) is 8.42 Å². The number of nitrogens with zero attached hydrogens (tertiary/aromatic N) is 2. The van der Waals surface area contributed by atoms with Gasteiger partial charge >= 0.3 is 0 Å². The average Bonchev–Trinajstić information content (AvgIpc) is 2.25. The molecule has 0 aliphatic heterocycles. The summed E-state index contributed by atoms with van der Waals surface area (Å²) in [4.78, 5) is 4.00. The minimum Gasteiger partial charge on any atom is -0.384 e. The van der Waals surface area contributed by atoms with Crippen LogP contribution in [0.25, 0.3) is 0 Å². The quantitative estimate of drug-likeness (QED) is 0.863. The van der Waals surface area contributed by atoms with Gasteiger partial charge in [-0.25, -0.2) is 13.4 Å². The summed E-state index contributed by atoms with van der Waals surface area (Å²) in [5.74, 6) is 0.496. The molecule has 0 atom stereocenters. The smallest absolute Gasteiger partial charge is 0.243 e. The van der Waals surface area contributed by atoms with Crippen LogP contribution in [0.15, 0.2) is 23.2 Å². The molecule has 0 bridgehead atoms. The molecule has 0 aliphatic carbocycles. The van der Waals surface area contributed by atoms with Gasteiger partial charge < -0.3 is 5.73 Å². The third-order valence-electron chi connectivity index (χ3n) is 2.31. The van der Waals surface area contributed by atoms with Crippen molar-refractivity contribution in [2.75, 3.05) is 18.8 Å². The number of aromatic nitrogens is 1. The molecule has 2 N–H and O–H groups in total. The van der Waals surface area contributed by atoms with Crippen LogP contribution in [0.5, 0.6) is 0 Å². The molecule has 0 fully saturated rings. The summed E-state index contributed by atoms with van der Waals surface area (Å²) < 4.78 is 26.0. The molecule has 0 saturated carbocycles. The van der Waals surface area contributed by atoms with Crippen LogP contribution in [0.2, 0.25) is 0 Å². The molecular formula is C11H19N3O2S. The van der Waals surface area contributed by atoms with E-state index < -0.39 is 10.0 Å². The van der Waals surface area contributed by atoms with Crippen molar-refractivity contribution in [2.45, 2.75) is 25.7 Å². The second-order valence-corrected chi connectivity index (χ2v) is 6.20. The van der Waals surface area contributed by atoms with E-state index in [0.717, 1.165) is 0 Å². The van der Waals surface area contributed by atoms with Gasteiger partial charge in [0.2, 0.25) is 10.0 Å². The van der Waals surface area contributed by atoms with E-state index in [-0.39, 0.29) is 16.6 Å². The molecule has 1 aromatic rings. The molecule has 0 radical (unpaired) electrons. The van der Waals surface area contributed by atoms with E-state index in [2.05, 4.69) is 4.98 Å². The molecule has 0 amide bonds. The summed E-state index contributed by atoms with van der Waals surface area (Å²) in [6, 6.07) is 2.85. The van der Waals surface area contributed by atoms with Gasteiger partial charge in [0.25, 0.3) is 0 Å². The Labute approximate surface area is 103 Å². The number of sulfonamides is 1. The van der Waals surface area contributed by atoms with Crippen LogP contribution in [0.4, 0.5) is 5.82 Å². The predicted octanol–water partition coefficient (Wildman–Crippen LogP) is 1.33. The zero-order valence-electron chi connectivity index (χ0n) is 10.4. The fourth-order valence-electron chi connectivity index (χ4n) is 1.54. The highest BCUT2D eigenvalue weighted by Gasteiger charge is 2.23. The molecule has 1 heterocycles. The molecule has 96 valence electrons. The van der Waals surface area contributed by atoms with E-state index in [1.807, 2.05) is 20.8 Å². The van der Waals surface area contributed by atoms with E-state index in [0.29, 0.717) is 13.1 Å². The number of nitrogen functional groups attached to an aromatic ring is 1. The molecule has 5 nitrogen and oxygen atoms in total. The normalized spacial score (nSPS) is 12.3. The van der Waals surface area contributed by atoms with Gasteiger partial charge in [0.1, 0.15) is 5.82 Å². The van der Waals surface area contributed by atoms with Crippen molar-refractivity contribution < 1.29 is 8.42 Å². The minimum atomic E-state index is -3.46. The van der Waals surface area contributed by atoms with Crippen molar-refractivity contribution in [2.24, 2.45) is 5.92 Å². The van der Waals surface area contributed by atoms with Crippen molar-refractivity contribution >= 4 is 15.8 Å². The molecule has 0 spiro atoms. The van der Waals surface area contributed by atoms with E-state index >= 15 is 0 Å². The van der Waals surface area contributed by atoms with Crippen molar-refractivity contribution in [3.8, 4) is 0 Å². The van der Waals surface area contributed by atoms with Gasteiger partial charge in [0.15, 0.2) is 0 Å². The summed E-state index contributed by atoms with van der Waals surface area (Å²) in [6.45, 7) is 6.74. The summed E-state index contributed by atoms with van der Waals surface area (Å²) in [5, 5.41) is 0. The number of nitrogens with two attached hydrogens (primary N) is 1. The lowest BCUT2D eigenvalue weighted by atomic mass is 10.2. The third-order valence-corrected chi connectivity index (χ3v) is 4.25. The van der Waals surface area contributed by atoms with Gasteiger partial charge in [-0.15, -0.1) is 0 Å². The topological polar surface area (TPSA) is 76.3 Å². The lowest BCUT2D eigenvalue weighted by Gasteiger charge is -2.22. The lowest BCUT2D eigenvalue weighted by Crippen LogP contribution is -2.34. The molecule has 0 unspecified atom stereocenters. The van der Waals surface area contributed by atoms with Gasteiger partial charge in [-0.1, -0.05) is 20.8 Å². The van der Waals surface area contributed by atoms with Crippen molar-refractivity contribution in [1.29, 1.82) is 0 Å². The highest BCUT2D eigenvalue weighted by molar-refractivity contribution is 7.89. The maximum Gasteiger partial charge on any atom is 0.243 e. The minimum absolute atomic E-state index is 0.201. The van der Waals surface area contributed by atoms with Crippen LogP contribution in [-0.2, 0) is 10.0 Å². The zero-order valence-corrected chi connectivity index (χ0v) is 11.2. The monoisotopic (exact) mass is 257 g/mol. The predicted molar refractivity (Wildman–Crippen MR) is 67.9 cm³/mol. The van der Waals surface area contributed by atoms with Gasteiger partial charge in [-0.2, -0.15) is 4.31 Å². The number of rotatable bonds is 5. The van der Waals surface area contributed by atoms with Crippen LogP contribution in [0.3, 0.4) is 0 Å². The number of pyridine rings is 1. The Morgan fingerprint density at radius 2 is 2.12 bits per heavy atom. The first kappa shape index (κ1) is 13.9. The Bertz CT molecular complexity index is 471. The first-order valence-electron chi connectivity index (χ1n) is 5.59. The summed E-state index contributed by atoms with van der Waals surface area (Å²) in [5.41, 5.74) is 5.50. The van der Waals surface area contributed by atoms with Gasteiger partial charge in [0.05, 0.1) is 4.90 Å². The largest absolute Gasteiger partial charge is 0.384 e. The van der Waals surface area contributed by atoms with Crippen LogP contribution in [-0.4, -0.2) is 30.8 Å². The van der Waals surface area contributed by atoms with Crippen molar-refractivity contribution in [3.05, 3.63) is 18.3 Å². The molecule has 17 heavy (non-hydrogen) atoms. The second kappa shape index (κ2) is 5.46. The Hall–Kier alpha value is -1.14. The molecule has 6 heteroatoms. The van der Waals surface area contributed by atoms with Gasteiger partial charge in [0, 0.05) is 25.4 Å². The van der Waals surface area contributed by atoms with Crippen LogP contribution in [0, 0.1) is 5.92 Å². The molecule has 1 rings (SSSR count). The van der Waals surface area contributed by atoms with E-state index in [1.165, 1.54) is 22.6 Å². The van der Waals surface area contributed by atoms with Gasteiger partial charge in [-0.05, 0) is 12.0 Å². The number of hydrogen-bond donors (Lipinski definition) is 1. The molecule has 0 aromatic carbocycles. The first-order valence-corrected chi connectivity index (χ1v) is 7.03. The highest BCUT2D eigenvalue weighted by Crippen LogP contribution is 2.17. The fourth-order valence-corrected chi connectivity index (χ4v) is 3.18. The number of anilines is 1. The average molecular weight is 257 g/mol. The van der Waals surface area contributed by atoms with Crippen LogP contribution < -0.4 is 5.73 Å². The van der Waals surface area contributed by atoms with E-state index in [1.54, 1.807) is 0 Å². The second-order valence-electron chi connectivity index (χ2n) is 4.27.